The van der Waals surface area contributed by atoms with Crippen LogP contribution in [0.25, 0.3) is 0 Å². The summed E-state index contributed by atoms with van der Waals surface area (Å²) in [5.41, 5.74) is 6.79. The number of nitrogens with two attached hydrogens (primary N) is 1. The number of hydrogen-bond donors (Lipinski definition) is 1. The Bertz CT molecular complexity index is 347. The molecule has 0 aliphatic carbocycles. The molecule has 1 aliphatic rings. The van der Waals surface area contributed by atoms with Crippen LogP contribution in [0.4, 0.5) is 5.82 Å². The molecule has 1 unspecified atom stereocenters. The molecule has 18 heavy (non-hydrogen) atoms. The first-order valence-corrected chi connectivity index (χ1v) is 7.23. The summed E-state index contributed by atoms with van der Waals surface area (Å²) in [6, 6.07) is 4.31. The van der Waals surface area contributed by atoms with Gasteiger partial charge in [0.15, 0.2) is 0 Å². The normalized spacial score (nSPS) is 20.8. The zero-order valence-electron chi connectivity index (χ0n) is 11.4. The van der Waals surface area contributed by atoms with Crippen molar-refractivity contribution >= 4 is 5.82 Å². The highest BCUT2D eigenvalue weighted by Crippen LogP contribution is 2.23. The van der Waals surface area contributed by atoms with Crippen LogP contribution in [0.2, 0.25) is 0 Å². The first-order valence-electron chi connectivity index (χ1n) is 7.23. The van der Waals surface area contributed by atoms with Crippen molar-refractivity contribution in [1.82, 2.24) is 4.98 Å². The number of anilines is 1. The maximum absolute atomic E-state index is 5.55. The summed E-state index contributed by atoms with van der Waals surface area (Å²) >= 11 is 0. The Morgan fingerprint density at radius 3 is 2.89 bits per heavy atom. The number of rotatable bonds is 4. The van der Waals surface area contributed by atoms with Crippen LogP contribution >= 0.6 is 0 Å². The third-order valence-corrected chi connectivity index (χ3v) is 3.99. The van der Waals surface area contributed by atoms with Crippen molar-refractivity contribution in [1.29, 1.82) is 0 Å². The second-order valence-electron chi connectivity index (χ2n) is 5.26. The van der Waals surface area contributed by atoms with E-state index in [0.29, 0.717) is 6.54 Å². The molecule has 0 saturated carbocycles. The predicted octanol–water partition coefficient (Wildman–Crippen LogP) is 2.60. The smallest absolute Gasteiger partial charge is 0.128 e. The molecule has 0 spiro atoms. The van der Waals surface area contributed by atoms with Gasteiger partial charge in [0.2, 0.25) is 0 Å². The van der Waals surface area contributed by atoms with Crippen LogP contribution in [-0.2, 0) is 6.42 Å². The lowest BCUT2D eigenvalue weighted by molar-refractivity contribution is 0.459. The molecule has 2 N–H and O–H groups in total. The molecule has 1 aromatic heterocycles. The van der Waals surface area contributed by atoms with E-state index in [9.17, 15) is 0 Å². The van der Waals surface area contributed by atoms with E-state index in [1.54, 1.807) is 0 Å². The first-order chi connectivity index (χ1) is 8.83. The van der Waals surface area contributed by atoms with E-state index in [1.165, 1.54) is 31.2 Å². The number of aromatic nitrogens is 1. The molecule has 0 bridgehead atoms. The quantitative estimate of drug-likeness (QED) is 0.889. The second-order valence-corrected chi connectivity index (χ2v) is 5.26. The molecule has 1 aliphatic heterocycles. The van der Waals surface area contributed by atoms with Gasteiger partial charge in [-0.25, -0.2) is 4.98 Å². The van der Waals surface area contributed by atoms with Crippen LogP contribution in [0.5, 0.6) is 0 Å². The summed E-state index contributed by atoms with van der Waals surface area (Å²) in [5, 5.41) is 0. The Morgan fingerprint density at radius 2 is 2.22 bits per heavy atom. The molecule has 2 heterocycles. The molecule has 1 saturated heterocycles. The number of pyridine rings is 1. The topological polar surface area (TPSA) is 42.1 Å². The van der Waals surface area contributed by atoms with Crippen molar-refractivity contribution in [3.63, 3.8) is 0 Å². The first kappa shape index (κ1) is 13.3. The monoisotopic (exact) mass is 247 g/mol. The lowest BCUT2D eigenvalue weighted by Crippen LogP contribution is -2.25. The predicted molar refractivity (Wildman–Crippen MR) is 76.8 cm³/mol. The molecular formula is C15H25N3. The van der Waals surface area contributed by atoms with E-state index < -0.39 is 0 Å². The van der Waals surface area contributed by atoms with Crippen molar-refractivity contribution in [3.8, 4) is 0 Å². The largest absolute Gasteiger partial charge is 0.357 e. The molecule has 0 aromatic carbocycles. The summed E-state index contributed by atoms with van der Waals surface area (Å²) in [4.78, 5) is 7.02. The van der Waals surface area contributed by atoms with E-state index in [2.05, 4.69) is 28.9 Å². The minimum atomic E-state index is 0.697. The number of nitrogens with zero attached hydrogens (tertiary/aromatic N) is 2. The molecule has 0 radical (unpaired) electrons. The molecule has 0 amide bonds. The van der Waals surface area contributed by atoms with E-state index in [4.69, 9.17) is 5.73 Å². The van der Waals surface area contributed by atoms with E-state index in [-0.39, 0.29) is 0 Å². The van der Waals surface area contributed by atoms with Crippen molar-refractivity contribution < 1.29 is 0 Å². The van der Waals surface area contributed by atoms with Gasteiger partial charge in [-0.2, -0.15) is 0 Å². The summed E-state index contributed by atoms with van der Waals surface area (Å²) in [6.45, 7) is 5.31. The molecule has 2 rings (SSSR count). The Balaban J connectivity index is 1.98. The van der Waals surface area contributed by atoms with Gasteiger partial charge < -0.3 is 10.6 Å². The van der Waals surface area contributed by atoms with Crippen LogP contribution in [0.15, 0.2) is 18.3 Å². The molecule has 3 nitrogen and oxygen atoms in total. The maximum atomic E-state index is 5.55. The summed E-state index contributed by atoms with van der Waals surface area (Å²) in [7, 11) is 0. The minimum Gasteiger partial charge on any atom is -0.357 e. The van der Waals surface area contributed by atoms with E-state index in [0.717, 1.165) is 31.2 Å². The summed E-state index contributed by atoms with van der Waals surface area (Å²) < 4.78 is 0. The Kier molecular flexibility index (Phi) is 5.00. The van der Waals surface area contributed by atoms with E-state index >= 15 is 0 Å². The van der Waals surface area contributed by atoms with Gasteiger partial charge in [0.05, 0.1) is 0 Å². The molecule has 1 atom stereocenters. The highest BCUT2D eigenvalue weighted by molar-refractivity contribution is 5.39. The van der Waals surface area contributed by atoms with Gasteiger partial charge >= 0.3 is 0 Å². The lowest BCUT2D eigenvalue weighted by atomic mass is 9.98. The highest BCUT2D eigenvalue weighted by Gasteiger charge is 2.16. The fourth-order valence-electron chi connectivity index (χ4n) is 2.72. The van der Waals surface area contributed by atoms with Crippen molar-refractivity contribution in [3.05, 3.63) is 23.9 Å². The van der Waals surface area contributed by atoms with Crippen molar-refractivity contribution in [2.24, 2.45) is 11.7 Å². The average molecular weight is 247 g/mol. The Hall–Kier alpha value is -1.09. The second kappa shape index (κ2) is 6.74. The lowest BCUT2D eigenvalue weighted by Gasteiger charge is -2.21. The molecule has 1 fully saturated rings. The average Bonchev–Trinajstić information content (AvgIpc) is 2.65. The van der Waals surface area contributed by atoms with Gasteiger partial charge in [0, 0.05) is 19.3 Å². The Labute approximate surface area is 110 Å². The maximum Gasteiger partial charge on any atom is 0.128 e. The van der Waals surface area contributed by atoms with Crippen molar-refractivity contribution in [2.45, 2.75) is 39.0 Å². The molecule has 1 aromatic rings. The van der Waals surface area contributed by atoms with Gasteiger partial charge in [-0.15, -0.1) is 0 Å². The highest BCUT2D eigenvalue weighted by atomic mass is 15.2. The third kappa shape index (κ3) is 3.45. The standard InChI is InChI=1S/C15H25N3/c1-2-13-4-3-10-18(11-8-13)15-6-5-14(7-9-16)12-17-15/h5-6,12-13H,2-4,7-11,16H2,1H3. The summed E-state index contributed by atoms with van der Waals surface area (Å²) in [6.07, 6.45) is 8.19. The van der Waals surface area contributed by atoms with E-state index in [1.807, 2.05) is 6.20 Å². The fourth-order valence-corrected chi connectivity index (χ4v) is 2.72. The fraction of sp³-hybridized carbons (Fsp3) is 0.667. The molecular weight excluding hydrogens is 222 g/mol. The Morgan fingerprint density at radius 1 is 1.33 bits per heavy atom. The SMILES string of the molecule is CCC1CCCN(c2ccc(CCN)cn2)CC1. The van der Waals surface area contributed by atoms with Gasteiger partial charge in [-0.05, 0) is 49.8 Å². The third-order valence-electron chi connectivity index (χ3n) is 3.99. The molecule has 100 valence electrons. The zero-order chi connectivity index (χ0) is 12.8. The van der Waals surface area contributed by atoms with Gasteiger partial charge in [0.1, 0.15) is 5.82 Å². The van der Waals surface area contributed by atoms with Crippen LogP contribution in [0.3, 0.4) is 0 Å². The molecule has 3 heteroatoms. The van der Waals surface area contributed by atoms with Crippen molar-refractivity contribution in [2.75, 3.05) is 24.5 Å². The van der Waals surface area contributed by atoms with Crippen LogP contribution in [-0.4, -0.2) is 24.6 Å². The van der Waals surface area contributed by atoms with Gasteiger partial charge in [-0.1, -0.05) is 19.4 Å². The van der Waals surface area contributed by atoms with Crippen LogP contribution in [0.1, 0.15) is 38.2 Å². The number of hydrogen-bond acceptors (Lipinski definition) is 3. The summed E-state index contributed by atoms with van der Waals surface area (Å²) in [5.74, 6) is 2.04. The van der Waals surface area contributed by atoms with Crippen LogP contribution in [0, 0.1) is 5.92 Å². The van der Waals surface area contributed by atoms with Gasteiger partial charge in [-0.3, -0.25) is 0 Å². The minimum absolute atomic E-state index is 0.697. The van der Waals surface area contributed by atoms with Crippen LogP contribution < -0.4 is 10.6 Å². The van der Waals surface area contributed by atoms with Gasteiger partial charge in [0.25, 0.3) is 0 Å². The zero-order valence-corrected chi connectivity index (χ0v) is 11.4.